The van der Waals surface area contributed by atoms with Crippen LogP contribution >= 0.6 is 12.4 Å². The average molecular weight is 244 g/mol. The van der Waals surface area contributed by atoms with Gasteiger partial charge in [0.05, 0.1) is 6.04 Å². The molecule has 1 rings (SSSR count). The molecule has 0 saturated carbocycles. The Bertz CT molecular complexity index is 316. The summed E-state index contributed by atoms with van der Waals surface area (Å²) in [4.78, 5) is 15.4. The topological polar surface area (TPSA) is 68.0 Å². The van der Waals surface area contributed by atoms with Crippen LogP contribution in [0.4, 0.5) is 0 Å². The molecular weight excluding hydrogens is 226 g/mol. The van der Waals surface area contributed by atoms with Crippen molar-refractivity contribution in [3.05, 3.63) is 30.1 Å². The van der Waals surface area contributed by atoms with Crippen LogP contribution in [-0.4, -0.2) is 16.9 Å². The molecule has 3 N–H and O–H groups in total. The quantitative estimate of drug-likeness (QED) is 0.832. The van der Waals surface area contributed by atoms with Crippen LogP contribution in [0.15, 0.2) is 24.5 Å². The molecular formula is C11H18ClN3O. The first-order valence-electron chi connectivity index (χ1n) is 5.03. The standard InChI is InChI=1S/C11H17N3O.ClH/c1-8(2)10(12)11(15)14-7-9-3-5-13-6-4-9;/h3-6,8,10H,7,12H2,1-2H3,(H,14,15);1H/t10-;/m0./s1. The summed E-state index contributed by atoms with van der Waals surface area (Å²) in [5.41, 5.74) is 6.72. The fourth-order valence-corrected chi connectivity index (χ4v) is 1.11. The van der Waals surface area contributed by atoms with Gasteiger partial charge in [0.25, 0.3) is 0 Å². The molecule has 0 saturated heterocycles. The van der Waals surface area contributed by atoms with E-state index in [-0.39, 0.29) is 24.2 Å². The van der Waals surface area contributed by atoms with Crippen molar-refractivity contribution in [2.24, 2.45) is 11.7 Å². The van der Waals surface area contributed by atoms with Crippen LogP contribution in [0.1, 0.15) is 19.4 Å². The van der Waals surface area contributed by atoms with Crippen LogP contribution in [0, 0.1) is 5.92 Å². The minimum atomic E-state index is -0.438. The highest BCUT2D eigenvalue weighted by atomic mass is 35.5. The molecule has 4 nitrogen and oxygen atoms in total. The molecule has 1 heterocycles. The molecule has 0 spiro atoms. The summed E-state index contributed by atoms with van der Waals surface area (Å²) >= 11 is 0. The van der Waals surface area contributed by atoms with Gasteiger partial charge in [0.1, 0.15) is 0 Å². The minimum absolute atomic E-state index is 0. The number of hydrogen-bond acceptors (Lipinski definition) is 3. The molecule has 1 aromatic heterocycles. The lowest BCUT2D eigenvalue weighted by Gasteiger charge is -2.15. The van der Waals surface area contributed by atoms with E-state index in [0.717, 1.165) is 5.56 Å². The summed E-state index contributed by atoms with van der Waals surface area (Å²) in [5.74, 6) is 0.0456. The molecule has 0 bridgehead atoms. The highest BCUT2D eigenvalue weighted by Gasteiger charge is 2.16. The molecule has 1 aromatic rings. The summed E-state index contributed by atoms with van der Waals surface area (Å²) in [5, 5.41) is 2.79. The van der Waals surface area contributed by atoms with Gasteiger partial charge in [0.2, 0.25) is 5.91 Å². The van der Waals surface area contributed by atoms with Crippen molar-refractivity contribution in [2.45, 2.75) is 26.4 Å². The lowest BCUT2D eigenvalue weighted by atomic mass is 10.1. The molecule has 0 aliphatic rings. The Morgan fingerprint density at radius 3 is 2.50 bits per heavy atom. The van der Waals surface area contributed by atoms with E-state index in [1.54, 1.807) is 12.4 Å². The highest BCUT2D eigenvalue weighted by molar-refractivity contribution is 5.85. The lowest BCUT2D eigenvalue weighted by Crippen LogP contribution is -2.43. The smallest absolute Gasteiger partial charge is 0.237 e. The van der Waals surface area contributed by atoms with E-state index in [4.69, 9.17) is 5.73 Å². The van der Waals surface area contributed by atoms with Gasteiger partial charge in [0.15, 0.2) is 0 Å². The number of halogens is 1. The first kappa shape index (κ1) is 14.9. The Labute approximate surface area is 102 Å². The zero-order chi connectivity index (χ0) is 11.3. The Hall–Kier alpha value is -1.13. The van der Waals surface area contributed by atoms with Crippen LogP contribution in [-0.2, 0) is 11.3 Å². The summed E-state index contributed by atoms with van der Waals surface area (Å²) in [6.07, 6.45) is 3.40. The Morgan fingerprint density at radius 1 is 1.44 bits per heavy atom. The van der Waals surface area contributed by atoms with Crippen molar-refractivity contribution >= 4 is 18.3 Å². The fraction of sp³-hybridized carbons (Fsp3) is 0.455. The third-order valence-corrected chi connectivity index (χ3v) is 2.24. The molecule has 1 atom stereocenters. The molecule has 0 fully saturated rings. The molecule has 0 unspecified atom stereocenters. The summed E-state index contributed by atoms with van der Waals surface area (Å²) in [6, 6.07) is 3.29. The van der Waals surface area contributed by atoms with E-state index in [0.29, 0.717) is 6.54 Å². The molecule has 90 valence electrons. The van der Waals surface area contributed by atoms with Crippen molar-refractivity contribution in [3.63, 3.8) is 0 Å². The van der Waals surface area contributed by atoms with E-state index in [9.17, 15) is 4.79 Å². The summed E-state index contributed by atoms with van der Waals surface area (Å²) < 4.78 is 0. The van der Waals surface area contributed by atoms with E-state index < -0.39 is 6.04 Å². The van der Waals surface area contributed by atoms with Crippen molar-refractivity contribution < 1.29 is 4.79 Å². The van der Waals surface area contributed by atoms with Crippen molar-refractivity contribution in [1.82, 2.24) is 10.3 Å². The number of nitrogens with zero attached hydrogens (tertiary/aromatic N) is 1. The van der Waals surface area contributed by atoms with Gasteiger partial charge >= 0.3 is 0 Å². The summed E-state index contributed by atoms with van der Waals surface area (Å²) in [6.45, 7) is 4.36. The van der Waals surface area contributed by atoms with Gasteiger partial charge in [-0.05, 0) is 23.6 Å². The molecule has 0 aromatic carbocycles. The second-order valence-corrected chi connectivity index (χ2v) is 3.84. The van der Waals surface area contributed by atoms with Crippen LogP contribution in [0.5, 0.6) is 0 Å². The third kappa shape index (κ3) is 4.59. The largest absolute Gasteiger partial charge is 0.351 e. The van der Waals surface area contributed by atoms with Crippen molar-refractivity contribution in [1.29, 1.82) is 0 Å². The van der Waals surface area contributed by atoms with Gasteiger partial charge in [-0.15, -0.1) is 12.4 Å². The van der Waals surface area contributed by atoms with Gasteiger partial charge in [-0.1, -0.05) is 13.8 Å². The molecule has 0 radical (unpaired) electrons. The van der Waals surface area contributed by atoms with Crippen LogP contribution < -0.4 is 11.1 Å². The molecule has 16 heavy (non-hydrogen) atoms. The van der Waals surface area contributed by atoms with E-state index in [1.165, 1.54) is 0 Å². The second-order valence-electron chi connectivity index (χ2n) is 3.84. The van der Waals surface area contributed by atoms with Crippen LogP contribution in [0.25, 0.3) is 0 Å². The number of hydrogen-bond donors (Lipinski definition) is 2. The van der Waals surface area contributed by atoms with Crippen LogP contribution in [0.2, 0.25) is 0 Å². The second kappa shape index (κ2) is 7.19. The monoisotopic (exact) mass is 243 g/mol. The molecule has 0 aliphatic carbocycles. The van der Waals surface area contributed by atoms with Gasteiger partial charge < -0.3 is 11.1 Å². The fourth-order valence-electron chi connectivity index (χ4n) is 1.11. The van der Waals surface area contributed by atoms with E-state index in [1.807, 2.05) is 26.0 Å². The predicted octanol–water partition coefficient (Wildman–Crippen LogP) is 1.10. The average Bonchev–Trinajstić information content (AvgIpc) is 2.26. The minimum Gasteiger partial charge on any atom is -0.351 e. The summed E-state index contributed by atoms with van der Waals surface area (Å²) in [7, 11) is 0. The Balaban J connectivity index is 0.00000225. The highest BCUT2D eigenvalue weighted by Crippen LogP contribution is 1.99. The zero-order valence-corrected chi connectivity index (χ0v) is 10.3. The maximum atomic E-state index is 11.5. The molecule has 5 heteroatoms. The zero-order valence-electron chi connectivity index (χ0n) is 9.51. The van der Waals surface area contributed by atoms with Gasteiger partial charge in [0, 0.05) is 18.9 Å². The van der Waals surface area contributed by atoms with E-state index >= 15 is 0 Å². The predicted molar refractivity (Wildman–Crippen MR) is 66.1 cm³/mol. The van der Waals surface area contributed by atoms with Gasteiger partial charge in [-0.25, -0.2) is 0 Å². The third-order valence-electron chi connectivity index (χ3n) is 2.24. The first-order chi connectivity index (χ1) is 7.11. The number of carbonyl (C=O) groups is 1. The van der Waals surface area contributed by atoms with Crippen molar-refractivity contribution in [3.8, 4) is 0 Å². The van der Waals surface area contributed by atoms with Gasteiger partial charge in [-0.2, -0.15) is 0 Å². The normalized spacial score (nSPS) is 11.8. The Kier molecular flexibility index (Phi) is 6.69. The van der Waals surface area contributed by atoms with Gasteiger partial charge in [-0.3, -0.25) is 9.78 Å². The number of rotatable bonds is 4. The number of pyridine rings is 1. The number of carbonyl (C=O) groups excluding carboxylic acids is 1. The molecule has 0 aliphatic heterocycles. The number of amides is 1. The first-order valence-corrected chi connectivity index (χ1v) is 5.03. The molecule has 1 amide bonds. The maximum absolute atomic E-state index is 11.5. The van der Waals surface area contributed by atoms with Crippen LogP contribution in [0.3, 0.4) is 0 Å². The number of nitrogens with two attached hydrogens (primary N) is 1. The SMILES string of the molecule is CC(C)[C@H](N)C(=O)NCc1ccncc1.Cl. The number of nitrogens with one attached hydrogen (secondary N) is 1. The van der Waals surface area contributed by atoms with E-state index in [2.05, 4.69) is 10.3 Å². The number of aromatic nitrogens is 1. The maximum Gasteiger partial charge on any atom is 0.237 e. The van der Waals surface area contributed by atoms with Crippen molar-refractivity contribution in [2.75, 3.05) is 0 Å². The Morgan fingerprint density at radius 2 is 2.00 bits per heavy atom. The lowest BCUT2D eigenvalue weighted by molar-refractivity contribution is -0.123.